The zero-order valence-electron chi connectivity index (χ0n) is 12.7. The van der Waals surface area contributed by atoms with Gasteiger partial charge in [0.25, 0.3) is 0 Å². The average molecular weight is 273 g/mol. The van der Waals surface area contributed by atoms with Crippen LogP contribution in [0.2, 0.25) is 0 Å². The summed E-state index contributed by atoms with van der Waals surface area (Å²) in [5.74, 6) is 1.99. The molecule has 108 valence electrons. The fourth-order valence-electron chi connectivity index (χ4n) is 2.60. The van der Waals surface area contributed by atoms with E-state index in [0.717, 1.165) is 24.4 Å². The summed E-state index contributed by atoms with van der Waals surface area (Å²) in [4.78, 5) is 0. The van der Waals surface area contributed by atoms with E-state index in [-0.39, 0.29) is 6.04 Å². The highest BCUT2D eigenvalue weighted by atomic mass is 16.5. The van der Waals surface area contributed by atoms with Crippen molar-refractivity contribution < 1.29 is 9.15 Å². The molecule has 1 aromatic carbocycles. The second-order valence-electron chi connectivity index (χ2n) is 5.01. The molecule has 0 radical (unpaired) electrons. The molecule has 1 N–H and O–H groups in total. The van der Waals surface area contributed by atoms with Crippen LogP contribution >= 0.6 is 0 Å². The monoisotopic (exact) mass is 273 g/mol. The highest BCUT2D eigenvalue weighted by Gasteiger charge is 2.17. The molecule has 0 saturated carbocycles. The molecule has 1 atom stereocenters. The first kappa shape index (κ1) is 14.7. The molecule has 0 aliphatic rings. The van der Waals surface area contributed by atoms with E-state index in [2.05, 4.69) is 37.4 Å². The van der Waals surface area contributed by atoms with Crippen LogP contribution in [-0.4, -0.2) is 14.2 Å². The van der Waals surface area contributed by atoms with Gasteiger partial charge < -0.3 is 14.5 Å². The standard InChI is InChI=1S/C17H23NO2/c1-5-16-14(8-9-20-16)15(18-3)11-13-10-12(2)6-7-17(13)19-4/h6-10,15,18H,5,11H2,1-4H3. The SMILES string of the molecule is CCc1occc1C(Cc1cc(C)ccc1OC)NC. The van der Waals surface area contributed by atoms with Crippen LogP contribution < -0.4 is 10.1 Å². The molecule has 2 rings (SSSR count). The number of likely N-dealkylation sites (N-methyl/N-ethyl adjacent to an activating group) is 1. The molecule has 1 aromatic heterocycles. The second kappa shape index (κ2) is 6.62. The first-order valence-corrected chi connectivity index (χ1v) is 7.06. The lowest BCUT2D eigenvalue weighted by atomic mass is 9.97. The normalized spacial score (nSPS) is 12.4. The smallest absolute Gasteiger partial charge is 0.122 e. The summed E-state index contributed by atoms with van der Waals surface area (Å²) in [6.07, 6.45) is 3.56. The number of rotatable bonds is 6. The Morgan fingerprint density at radius 2 is 2.10 bits per heavy atom. The maximum Gasteiger partial charge on any atom is 0.122 e. The fourth-order valence-corrected chi connectivity index (χ4v) is 2.60. The molecule has 0 aliphatic heterocycles. The van der Waals surface area contributed by atoms with E-state index in [4.69, 9.17) is 9.15 Å². The average Bonchev–Trinajstić information content (AvgIpc) is 2.93. The molecule has 3 heteroatoms. The third-order valence-electron chi connectivity index (χ3n) is 3.68. The van der Waals surface area contributed by atoms with E-state index < -0.39 is 0 Å². The zero-order chi connectivity index (χ0) is 14.5. The fraction of sp³-hybridized carbons (Fsp3) is 0.412. The van der Waals surface area contributed by atoms with Gasteiger partial charge in [-0.2, -0.15) is 0 Å². The first-order chi connectivity index (χ1) is 9.69. The van der Waals surface area contributed by atoms with Gasteiger partial charge in [-0.05, 0) is 38.1 Å². The molecule has 0 aliphatic carbocycles. The van der Waals surface area contributed by atoms with E-state index >= 15 is 0 Å². The summed E-state index contributed by atoms with van der Waals surface area (Å²) in [5.41, 5.74) is 3.70. The van der Waals surface area contributed by atoms with Crippen LogP contribution in [0.15, 0.2) is 34.9 Å². The van der Waals surface area contributed by atoms with Crippen molar-refractivity contribution in [2.24, 2.45) is 0 Å². The van der Waals surface area contributed by atoms with Crippen LogP contribution in [0.1, 0.15) is 35.4 Å². The predicted molar refractivity (Wildman–Crippen MR) is 81.3 cm³/mol. The van der Waals surface area contributed by atoms with Crippen LogP contribution in [0.3, 0.4) is 0 Å². The molecule has 2 aromatic rings. The van der Waals surface area contributed by atoms with Gasteiger partial charge in [-0.25, -0.2) is 0 Å². The largest absolute Gasteiger partial charge is 0.496 e. The van der Waals surface area contributed by atoms with Crippen LogP contribution in [0, 0.1) is 6.92 Å². The van der Waals surface area contributed by atoms with Crippen LogP contribution in [0.25, 0.3) is 0 Å². The van der Waals surface area contributed by atoms with Crippen molar-refractivity contribution in [3.05, 3.63) is 53.0 Å². The van der Waals surface area contributed by atoms with Gasteiger partial charge in [0.15, 0.2) is 0 Å². The third-order valence-corrected chi connectivity index (χ3v) is 3.68. The van der Waals surface area contributed by atoms with Gasteiger partial charge in [0.05, 0.1) is 13.4 Å². The summed E-state index contributed by atoms with van der Waals surface area (Å²) < 4.78 is 11.0. The molecule has 20 heavy (non-hydrogen) atoms. The van der Waals surface area contributed by atoms with Crippen molar-refractivity contribution in [2.45, 2.75) is 32.7 Å². The van der Waals surface area contributed by atoms with Crippen molar-refractivity contribution in [3.63, 3.8) is 0 Å². The Kier molecular flexibility index (Phi) is 4.85. The number of aryl methyl sites for hydroxylation is 2. The summed E-state index contributed by atoms with van der Waals surface area (Å²) in [6, 6.07) is 8.59. The van der Waals surface area contributed by atoms with Gasteiger partial charge in [-0.1, -0.05) is 24.6 Å². The highest BCUT2D eigenvalue weighted by molar-refractivity contribution is 5.38. The van der Waals surface area contributed by atoms with Gasteiger partial charge in [0.2, 0.25) is 0 Å². The van der Waals surface area contributed by atoms with Crippen molar-refractivity contribution in [2.75, 3.05) is 14.2 Å². The van der Waals surface area contributed by atoms with Gasteiger partial charge in [-0.3, -0.25) is 0 Å². The lowest BCUT2D eigenvalue weighted by molar-refractivity contribution is 0.406. The molecule has 0 spiro atoms. The zero-order valence-corrected chi connectivity index (χ0v) is 12.7. The van der Waals surface area contributed by atoms with Crippen LogP contribution in [-0.2, 0) is 12.8 Å². The lowest BCUT2D eigenvalue weighted by Crippen LogP contribution is -2.19. The second-order valence-corrected chi connectivity index (χ2v) is 5.01. The number of benzene rings is 1. The molecule has 1 heterocycles. The molecule has 1 unspecified atom stereocenters. The maximum atomic E-state index is 5.54. The van der Waals surface area contributed by atoms with Gasteiger partial charge >= 0.3 is 0 Å². The quantitative estimate of drug-likeness (QED) is 0.872. The summed E-state index contributed by atoms with van der Waals surface area (Å²) in [7, 11) is 3.71. The molecule has 3 nitrogen and oxygen atoms in total. The summed E-state index contributed by atoms with van der Waals surface area (Å²) in [5, 5.41) is 3.38. The number of nitrogens with one attached hydrogen (secondary N) is 1. The Bertz CT molecular complexity index is 560. The Hall–Kier alpha value is -1.74. The topological polar surface area (TPSA) is 34.4 Å². The Labute approximate surface area is 121 Å². The van der Waals surface area contributed by atoms with E-state index in [1.165, 1.54) is 16.7 Å². The molecule has 0 saturated heterocycles. The van der Waals surface area contributed by atoms with E-state index in [1.54, 1.807) is 13.4 Å². The number of methoxy groups -OCH3 is 1. The van der Waals surface area contributed by atoms with E-state index in [9.17, 15) is 0 Å². The van der Waals surface area contributed by atoms with Gasteiger partial charge in [-0.15, -0.1) is 0 Å². The van der Waals surface area contributed by atoms with E-state index in [1.807, 2.05) is 13.1 Å². The lowest BCUT2D eigenvalue weighted by Gasteiger charge is -2.18. The number of furan rings is 1. The molecule has 0 fully saturated rings. The number of ether oxygens (including phenoxy) is 1. The van der Waals surface area contributed by atoms with Crippen molar-refractivity contribution >= 4 is 0 Å². The molecular formula is C17H23NO2. The minimum absolute atomic E-state index is 0.236. The predicted octanol–water partition coefficient (Wildman–Crippen LogP) is 3.66. The first-order valence-electron chi connectivity index (χ1n) is 7.06. The van der Waals surface area contributed by atoms with Crippen LogP contribution in [0.4, 0.5) is 0 Å². The molecular weight excluding hydrogens is 250 g/mol. The molecule has 0 amide bonds. The maximum absolute atomic E-state index is 5.54. The number of hydrogen-bond acceptors (Lipinski definition) is 3. The summed E-state index contributed by atoms with van der Waals surface area (Å²) >= 11 is 0. The summed E-state index contributed by atoms with van der Waals surface area (Å²) in [6.45, 7) is 4.22. The molecule has 0 bridgehead atoms. The Morgan fingerprint density at radius 1 is 1.30 bits per heavy atom. The van der Waals surface area contributed by atoms with Gasteiger partial charge in [0, 0.05) is 18.0 Å². The van der Waals surface area contributed by atoms with Gasteiger partial charge in [0.1, 0.15) is 11.5 Å². The van der Waals surface area contributed by atoms with E-state index in [0.29, 0.717) is 0 Å². The van der Waals surface area contributed by atoms with Crippen molar-refractivity contribution in [1.29, 1.82) is 0 Å². The van der Waals surface area contributed by atoms with Crippen LogP contribution in [0.5, 0.6) is 5.75 Å². The Balaban J connectivity index is 2.29. The van der Waals surface area contributed by atoms with Crippen molar-refractivity contribution in [1.82, 2.24) is 5.32 Å². The minimum atomic E-state index is 0.236. The minimum Gasteiger partial charge on any atom is -0.496 e. The third kappa shape index (κ3) is 3.05. The highest BCUT2D eigenvalue weighted by Crippen LogP contribution is 2.28. The number of hydrogen-bond donors (Lipinski definition) is 1. The Morgan fingerprint density at radius 3 is 2.75 bits per heavy atom. The van der Waals surface area contributed by atoms with Crippen molar-refractivity contribution in [3.8, 4) is 5.75 Å².